The number of carbonyl (C=O) groups excluding carboxylic acids is 1. The van der Waals surface area contributed by atoms with Crippen LogP contribution in [-0.2, 0) is 10.2 Å². The van der Waals surface area contributed by atoms with Crippen LogP contribution in [0.3, 0.4) is 0 Å². The first-order chi connectivity index (χ1) is 13.3. The molecule has 0 N–H and O–H groups in total. The molecule has 3 atom stereocenters. The molecule has 0 aliphatic heterocycles. The lowest BCUT2D eigenvalue weighted by molar-refractivity contribution is -0.119. The molecule has 0 radical (unpaired) electrons. The molecule has 27 heavy (non-hydrogen) atoms. The topological polar surface area (TPSA) is 17.1 Å². The second-order valence-corrected chi connectivity index (χ2v) is 8.09. The largest absolute Gasteiger partial charge is 0.299 e. The monoisotopic (exact) mass is 348 g/mol. The van der Waals surface area contributed by atoms with E-state index in [9.17, 15) is 4.79 Å². The molecule has 4 aromatic rings. The number of Topliss-reactive ketones (excluding diaryl/α,β-unsaturated/α-hetero) is 1. The quantitative estimate of drug-likeness (QED) is 0.434. The Morgan fingerprint density at radius 2 is 1.44 bits per heavy atom. The lowest BCUT2D eigenvalue weighted by Crippen LogP contribution is -2.08. The molecular weight excluding hydrogens is 328 g/mol. The summed E-state index contributed by atoms with van der Waals surface area (Å²) >= 11 is 0. The standard InChI is InChI=1S/C26H20O/c27-23-14-15-26(20-13-12-17-6-1-2-8-19(17)16-20)24(25(23)26)22-11-5-9-18-7-3-4-10-21(18)22/h1-13,16,24-25H,14-15H2/t24-,25?,26-/m1/s1. The number of rotatable bonds is 2. The second kappa shape index (κ2) is 5.29. The van der Waals surface area contributed by atoms with Gasteiger partial charge >= 0.3 is 0 Å². The van der Waals surface area contributed by atoms with Crippen LogP contribution in [0.1, 0.15) is 29.9 Å². The van der Waals surface area contributed by atoms with Crippen LogP contribution in [0.25, 0.3) is 21.5 Å². The van der Waals surface area contributed by atoms with E-state index >= 15 is 0 Å². The summed E-state index contributed by atoms with van der Waals surface area (Å²) in [5.74, 6) is 0.900. The third kappa shape index (κ3) is 1.97. The van der Waals surface area contributed by atoms with Gasteiger partial charge in [-0.2, -0.15) is 0 Å². The highest BCUT2D eigenvalue weighted by Gasteiger charge is 2.71. The van der Waals surface area contributed by atoms with Gasteiger partial charge in [0.1, 0.15) is 5.78 Å². The van der Waals surface area contributed by atoms with Gasteiger partial charge in [0.15, 0.2) is 0 Å². The van der Waals surface area contributed by atoms with Crippen molar-refractivity contribution in [2.24, 2.45) is 5.92 Å². The maximum absolute atomic E-state index is 12.8. The van der Waals surface area contributed by atoms with Gasteiger partial charge in [-0.3, -0.25) is 4.79 Å². The lowest BCUT2D eigenvalue weighted by Gasteiger charge is -2.17. The van der Waals surface area contributed by atoms with Crippen molar-refractivity contribution >= 4 is 27.3 Å². The first-order valence-electron chi connectivity index (χ1n) is 9.79. The summed E-state index contributed by atoms with van der Waals surface area (Å²) in [6, 6.07) is 30.4. The molecule has 2 aliphatic carbocycles. The summed E-state index contributed by atoms with van der Waals surface area (Å²) < 4.78 is 0. The highest BCUT2D eigenvalue weighted by atomic mass is 16.1. The number of fused-ring (bicyclic) bond motifs is 3. The Morgan fingerprint density at radius 1 is 0.704 bits per heavy atom. The van der Waals surface area contributed by atoms with Crippen molar-refractivity contribution < 1.29 is 4.79 Å². The van der Waals surface area contributed by atoms with E-state index in [4.69, 9.17) is 0 Å². The SMILES string of the molecule is O=C1CC[C@]2(c3ccc4ccccc4c3)C1[C@H]2c1cccc2ccccc12. The molecule has 0 heterocycles. The summed E-state index contributed by atoms with van der Waals surface area (Å²) in [5.41, 5.74) is 2.68. The number of carbonyl (C=O) groups is 1. The van der Waals surface area contributed by atoms with Gasteiger partial charge in [0.25, 0.3) is 0 Å². The van der Waals surface area contributed by atoms with Gasteiger partial charge in [0.2, 0.25) is 0 Å². The van der Waals surface area contributed by atoms with Crippen molar-refractivity contribution in [2.75, 3.05) is 0 Å². The normalized spacial score (nSPS) is 26.4. The van der Waals surface area contributed by atoms with Crippen molar-refractivity contribution in [2.45, 2.75) is 24.2 Å². The minimum Gasteiger partial charge on any atom is -0.299 e. The van der Waals surface area contributed by atoms with E-state index in [0.717, 1.165) is 12.8 Å². The Hall–Kier alpha value is -2.93. The van der Waals surface area contributed by atoms with Crippen molar-refractivity contribution in [3.8, 4) is 0 Å². The molecular formula is C26H20O. The van der Waals surface area contributed by atoms with E-state index in [-0.39, 0.29) is 11.3 Å². The van der Waals surface area contributed by atoms with E-state index in [1.165, 1.54) is 32.7 Å². The van der Waals surface area contributed by atoms with Gasteiger partial charge in [-0.15, -0.1) is 0 Å². The van der Waals surface area contributed by atoms with Crippen LogP contribution in [0.15, 0.2) is 84.9 Å². The maximum atomic E-state index is 12.8. The molecule has 0 amide bonds. The summed E-state index contributed by atoms with van der Waals surface area (Å²) in [6.45, 7) is 0. The molecule has 0 aromatic heterocycles. The first-order valence-corrected chi connectivity index (χ1v) is 9.79. The fourth-order valence-electron chi connectivity index (χ4n) is 5.67. The number of hydrogen-bond acceptors (Lipinski definition) is 1. The van der Waals surface area contributed by atoms with Gasteiger partial charge in [-0.25, -0.2) is 0 Å². The molecule has 2 fully saturated rings. The van der Waals surface area contributed by atoms with Crippen molar-refractivity contribution in [1.29, 1.82) is 0 Å². The Balaban J connectivity index is 1.55. The van der Waals surface area contributed by atoms with Gasteiger partial charge in [0.05, 0.1) is 0 Å². The highest BCUT2D eigenvalue weighted by molar-refractivity contribution is 5.96. The fraction of sp³-hybridized carbons (Fsp3) is 0.192. The van der Waals surface area contributed by atoms with Crippen LogP contribution in [0, 0.1) is 5.92 Å². The minimum atomic E-state index is -0.00869. The lowest BCUT2D eigenvalue weighted by atomic mass is 9.86. The molecule has 0 saturated heterocycles. The van der Waals surface area contributed by atoms with E-state index in [0.29, 0.717) is 11.7 Å². The first kappa shape index (κ1) is 15.2. The molecule has 0 spiro atoms. The van der Waals surface area contributed by atoms with Crippen molar-refractivity contribution in [1.82, 2.24) is 0 Å². The van der Waals surface area contributed by atoms with E-state index < -0.39 is 0 Å². The summed E-state index contributed by atoms with van der Waals surface area (Å²) in [7, 11) is 0. The minimum absolute atomic E-state index is 0.00869. The fourth-order valence-corrected chi connectivity index (χ4v) is 5.67. The molecule has 1 nitrogen and oxygen atoms in total. The highest BCUT2D eigenvalue weighted by Crippen LogP contribution is 2.72. The average Bonchev–Trinajstić information content (AvgIpc) is 3.29. The molecule has 1 heteroatoms. The third-order valence-corrected chi connectivity index (χ3v) is 6.91. The van der Waals surface area contributed by atoms with Gasteiger partial charge in [0, 0.05) is 23.7 Å². The van der Waals surface area contributed by atoms with Gasteiger partial charge in [-0.1, -0.05) is 84.9 Å². The average molecular weight is 348 g/mol. The molecule has 2 aliphatic rings. The number of ketones is 1. The second-order valence-electron chi connectivity index (χ2n) is 8.09. The predicted molar refractivity (Wildman–Crippen MR) is 110 cm³/mol. The van der Waals surface area contributed by atoms with Crippen LogP contribution < -0.4 is 0 Å². The van der Waals surface area contributed by atoms with Crippen LogP contribution >= 0.6 is 0 Å². The van der Waals surface area contributed by atoms with Gasteiger partial charge < -0.3 is 0 Å². The summed E-state index contributed by atoms with van der Waals surface area (Å²) in [4.78, 5) is 12.8. The molecule has 1 unspecified atom stereocenters. The Labute approximate surface area is 158 Å². The van der Waals surface area contributed by atoms with Crippen LogP contribution in [0.4, 0.5) is 0 Å². The van der Waals surface area contributed by atoms with Gasteiger partial charge in [-0.05, 0) is 39.1 Å². The summed E-state index contributed by atoms with van der Waals surface area (Å²) in [6.07, 6.45) is 1.70. The predicted octanol–water partition coefficient (Wildman–Crippen LogP) is 6.01. The van der Waals surface area contributed by atoms with Crippen molar-refractivity contribution in [3.63, 3.8) is 0 Å². The maximum Gasteiger partial charge on any atom is 0.137 e. The summed E-state index contributed by atoms with van der Waals surface area (Å²) in [5, 5.41) is 5.10. The Kier molecular flexibility index (Phi) is 2.97. The van der Waals surface area contributed by atoms with E-state index in [1.54, 1.807) is 0 Å². The zero-order chi connectivity index (χ0) is 18.0. The molecule has 6 rings (SSSR count). The van der Waals surface area contributed by atoms with Crippen LogP contribution in [0.5, 0.6) is 0 Å². The molecule has 130 valence electrons. The Morgan fingerprint density at radius 3 is 2.33 bits per heavy atom. The van der Waals surface area contributed by atoms with E-state index in [1.807, 2.05) is 0 Å². The zero-order valence-electron chi connectivity index (χ0n) is 15.1. The number of hydrogen-bond donors (Lipinski definition) is 0. The smallest absolute Gasteiger partial charge is 0.137 e. The molecule has 4 aromatic carbocycles. The number of benzene rings is 4. The third-order valence-electron chi connectivity index (χ3n) is 6.91. The van der Waals surface area contributed by atoms with Crippen molar-refractivity contribution in [3.05, 3.63) is 96.1 Å². The molecule has 0 bridgehead atoms. The zero-order valence-corrected chi connectivity index (χ0v) is 15.1. The molecule has 2 saturated carbocycles. The van der Waals surface area contributed by atoms with E-state index in [2.05, 4.69) is 84.9 Å². The van der Waals surface area contributed by atoms with Crippen LogP contribution in [0.2, 0.25) is 0 Å². The Bertz CT molecular complexity index is 1220. The van der Waals surface area contributed by atoms with Crippen LogP contribution in [-0.4, -0.2) is 5.78 Å².